The van der Waals surface area contributed by atoms with Crippen molar-refractivity contribution in [1.82, 2.24) is 14.6 Å². The zero-order chi connectivity index (χ0) is 20.9. The fourth-order valence-electron chi connectivity index (χ4n) is 2.89. The summed E-state index contributed by atoms with van der Waals surface area (Å²) in [5.41, 5.74) is 3.37. The molecule has 3 rings (SSSR count). The highest BCUT2D eigenvalue weighted by molar-refractivity contribution is 9.10. The van der Waals surface area contributed by atoms with Crippen LogP contribution in [0.2, 0.25) is 0 Å². The van der Waals surface area contributed by atoms with Gasteiger partial charge in [-0.1, -0.05) is 44.0 Å². The number of hydrogen-bond acceptors (Lipinski definition) is 5. The van der Waals surface area contributed by atoms with Crippen LogP contribution in [-0.4, -0.2) is 62.5 Å². The van der Waals surface area contributed by atoms with Crippen LogP contribution in [0, 0.1) is 0 Å². The second kappa shape index (κ2) is 9.94. The summed E-state index contributed by atoms with van der Waals surface area (Å²) in [7, 11) is -3.52. The quantitative estimate of drug-likeness (QED) is 0.448. The zero-order valence-corrected chi connectivity index (χ0v) is 19.5. The lowest BCUT2D eigenvalue weighted by Gasteiger charge is -2.33. The molecule has 0 unspecified atom stereocenters. The molecule has 7 nitrogen and oxygen atoms in total. The number of carbonyl (C=O) groups is 1. The van der Waals surface area contributed by atoms with Gasteiger partial charge in [0.05, 0.1) is 17.7 Å². The lowest BCUT2D eigenvalue weighted by Crippen LogP contribution is -2.50. The van der Waals surface area contributed by atoms with Gasteiger partial charge in [-0.05, 0) is 42.0 Å². The normalized spacial score (nSPS) is 16.2. The topological polar surface area (TPSA) is 82.1 Å². The van der Waals surface area contributed by atoms with Gasteiger partial charge in [-0.2, -0.15) is 9.41 Å². The maximum Gasteiger partial charge on any atom is 0.254 e. The first-order valence-electron chi connectivity index (χ1n) is 8.90. The summed E-state index contributed by atoms with van der Waals surface area (Å²) >= 11 is 6.69. The average Bonchev–Trinajstić information content (AvgIpc) is 2.69. The van der Waals surface area contributed by atoms with Gasteiger partial charge < -0.3 is 0 Å². The van der Waals surface area contributed by atoms with Crippen LogP contribution in [0.1, 0.15) is 5.56 Å². The van der Waals surface area contributed by atoms with E-state index < -0.39 is 10.0 Å². The number of halogens is 2. The van der Waals surface area contributed by atoms with Crippen LogP contribution >= 0.6 is 31.9 Å². The molecule has 10 heteroatoms. The predicted molar refractivity (Wildman–Crippen MR) is 119 cm³/mol. The monoisotopic (exact) mass is 542 g/mol. The lowest BCUT2D eigenvalue weighted by atomic mass is 10.2. The minimum absolute atomic E-state index is 0.169. The summed E-state index contributed by atoms with van der Waals surface area (Å²) in [5, 5.41) is 3.97. The van der Waals surface area contributed by atoms with E-state index in [1.807, 2.05) is 29.2 Å². The fourth-order valence-corrected chi connectivity index (χ4v) is 4.99. The van der Waals surface area contributed by atoms with E-state index in [1.165, 1.54) is 4.31 Å². The van der Waals surface area contributed by atoms with Crippen molar-refractivity contribution in [2.45, 2.75) is 4.90 Å². The Labute approximate surface area is 187 Å². The maximum atomic E-state index is 12.7. The highest BCUT2D eigenvalue weighted by atomic mass is 79.9. The van der Waals surface area contributed by atoms with Crippen molar-refractivity contribution in [3.8, 4) is 0 Å². The Morgan fingerprint density at radius 3 is 2.38 bits per heavy atom. The van der Waals surface area contributed by atoms with E-state index in [9.17, 15) is 13.2 Å². The summed E-state index contributed by atoms with van der Waals surface area (Å²) in [6, 6.07) is 14.2. The molecule has 2 aromatic carbocycles. The Hall–Kier alpha value is -1.59. The van der Waals surface area contributed by atoms with Gasteiger partial charge in [0.25, 0.3) is 5.91 Å². The van der Waals surface area contributed by atoms with Crippen LogP contribution in [0.25, 0.3) is 0 Å². The van der Waals surface area contributed by atoms with E-state index in [0.717, 1.165) is 14.5 Å². The number of amides is 1. The molecule has 154 valence electrons. The van der Waals surface area contributed by atoms with Crippen molar-refractivity contribution in [3.05, 3.63) is 63.0 Å². The Bertz CT molecular complexity index is 989. The molecular weight excluding hydrogens is 524 g/mol. The van der Waals surface area contributed by atoms with E-state index in [4.69, 9.17) is 0 Å². The van der Waals surface area contributed by atoms with Gasteiger partial charge in [0, 0.05) is 35.1 Å². The van der Waals surface area contributed by atoms with Crippen LogP contribution in [0.5, 0.6) is 0 Å². The Balaban J connectivity index is 1.48. The third-order valence-electron chi connectivity index (χ3n) is 4.40. The molecule has 1 heterocycles. The number of hydrogen-bond donors (Lipinski definition) is 1. The highest BCUT2D eigenvalue weighted by Gasteiger charge is 2.28. The van der Waals surface area contributed by atoms with E-state index in [-0.39, 0.29) is 17.3 Å². The van der Waals surface area contributed by atoms with E-state index in [2.05, 4.69) is 42.4 Å². The Morgan fingerprint density at radius 2 is 1.72 bits per heavy atom. The summed E-state index contributed by atoms with van der Waals surface area (Å²) in [6.45, 7) is 1.82. The molecule has 29 heavy (non-hydrogen) atoms. The molecule has 0 saturated carbocycles. The van der Waals surface area contributed by atoms with Crippen molar-refractivity contribution in [1.29, 1.82) is 0 Å². The largest absolute Gasteiger partial charge is 0.292 e. The van der Waals surface area contributed by atoms with Crippen LogP contribution in [0.4, 0.5) is 0 Å². The number of piperazine rings is 1. The molecule has 1 amide bonds. The van der Waals surface area contributed by atoms with Crippen LogP contribution in [-0.2, 0) is 14.8 Å². The Kier molecular flexibility index (Phi) is 7.58. The van der Waals surface area contributed by atoms with E-state index >= 15 is 0 Å². The average molecular weight is 544 g/mol. The van der Waals surface area contributed by atoms with Gasteiger partial charge in [-0.25, -0.2) is 13.8 Å². The first kappa shape index (κ1) is 22.1. The third-order valence-corrected chi connectivity index (χ3v) is 7.34. The van der Waals surface area contributed by atoms with Crippen molar-refractivity contribution >= 4 is 54.0 Å². The predicted octanol–water partition coefficient (Wildman–Crippen LogP) is 2.67. The molecule has 1 fully saturated rings. The summed E-state index contributed by atoms with van der Waals surface area (Å²) < 4.78 is 28.7. The molecule has 1 N–H and O–H groups in total. The number of sulfonamides is 1. The van der Waals surface area contributed by atoms with Crippen LogP contribution < -0.4 is 5.43 Å². The van der Waals surface area contributed by atoms with Gasteiger partial charge >= 0.3 is 0 Å². The third kappa shape index (κ3) is 6.19. The number of hydrazone groups is 1. The minimum atomic E-state index is -3.52. The zero-order valence-electron chi connectivity index (χ0n) is 15.5. The van der Waals surface area contributed by atoms with Crippen molar-refractivity contribution in [2.75, 3.05) is 32.7 Å². The van der Waals surface area contributed by atoms with Crippen molar-refractivity contribution in [2.24, 2.45) is 5.10 Å². The van der Waals surface area contributed by atoms with Crippen molar-refractivity contribution < 1.29 is 13.2 Å². The molecule has 1 aliphatic rings. The molecule has 0 atom stereocenters. The maximum absolute atomic E-state index is 12.7. The second-order valence-corrected chi connectivity index (χ2v) is 10.3. The number of nitrogens with one attached hydrogen (secondary N) is 1. The molecule has 1 aliphatic heterocycles. The standard InChI is InChI=1S/C19H20Br2N4O3S/c20-16-4-6-18(7-5-16)29(27,28)25-10-8-24(9-11-25)14-19(26)23-22-13-15-2-1-3-17(21)12-15/h1-7,12-13H,8-11,14H2,(H,23,26)/b22-13-. The SMILES string of the molecule is O=C(CN1CCN(S(=O)(=O)c2ccc(Br)cc2)CC1)N/N=C\c1cccc(Br)c1. The molecule has 0 aliphatic carbocycles. The summed E-state index contributed by atoms with van der Waals surface area (Å²) in [6.07, 6.45) is 1.57. The van der Waals surface area contributed by atoms with Gasteiger partial charge in [-0.15, -0.1) is 0 Å². The van der Waals surface area contributed by atoms with Crippen LogP contribution in [0.15, 0.2) is 67.5 Å². The van der Waals surface area contributed by atoms with Gasteiger partial charge in [0.15, 0.2) is 0 Å². The first-order chi connectivity index (χ1) is 13.8. The van der Waals surface area contributed by atoms with E-state index in [1.54, 1.807) is 30.5 Å². The van der Waals surface area contributed by atoms with Gasteiger partial charge in [0.1, 0.15) is 0 Å². The van der Waals surface area contributed by atoms with Crippen molar-refractivity contribution in [3.63, 3.8) is 0 Å². The molecule has 1 saturated heterocycles. The smallest absolute Gasteiger partial charge is 0.254 e. The molecule has 0 spiro atoms. The Morgan fingerprint density at radius 1 is 1.03 bits per heavy atom. The minimum Gasteiger partial charge on any atom is -0.292 e. The number of benzene rings is 2. The van der Waals surface area contributed by atoms with Gasteiger partial charge in [0.2, 0.25) is 10.0 Å². The molecule has 0 aromatic heterocycles. The molecule has 0 radical (unpaired) electrons. The number of rotatable bonds is 6. The van der Waals surface area contributed by atoms with Gasteiger partial charge in [-0.3, -0.25) is 9.69 Å². The van der Waals surface area contributed by atoms with Crippen LogP contribution in [0.3, 0.4) is 0 Å². The fraction of sp³-hybridized carbons (Fsp3) is 0.263. The highest BCUT2D eigenvalue weighted by Crippen LogP contribution is 2.20. The first-order valence-corrected chi connectivity index (χ1v) is 11.9. The lowest BCUT2D eigenvalue weighted by molar-refractivity contribution is -0.122. The molecule has 2 aromatic rings. The second-order valence-electron chi connectivity index (χ2n) is 6.48. The summed E-state index contributed by atoms with van der Waals surface area (Å²) in [4.78, 5) is 14.3. The molecular formula is C19H20Br2N4O3S. The number of nitrogens with zero attached hydrogens (tertiary/aromatic N) is 3. The molecule has 0 bridgehead atoms. The number of carbonyl (C=O) groups excluding carboxylic acids is 1. The van der Waals surface area contributed by atoms with E-state index in [0.29, 0.717) is 26.2 Å². The summed E-state index contributed by atoms with van der Waals surface area (Å²) in [5.74, 6) is -0.236.